The van der Waals surface area contributed by atoms with Crippen molar-refractivity contribution in [1.29, 1.82) is 0 Å². The number of piperidine rings is 1. The number of likely N-dealkylation sites (N-methyl/N-ethyl adjacent to an activating group) is 1. The molecule has 0 aromatic heterocycles. The summed E-state index contributed by atoms with van der Waals surface area (Å²) in [6.07, 6.45) is -0.195. The molecule has 2 saturated heterocycles. The van der Waals surface area contributed by atoms with Gasteiger partial charge in [0.2, 0.25) is 11.8 Å². The number of nitrogens with zero attached hydrogens (tertiary/aromatic N) is 3. The molecular formula is C23H28Cl2FN3O4. The van der Waals surface area contributed by atoms with Crippen LogP contribution in [0.25, 0.3) is 0 Å². The number of carbonyl (C=O) groups excluding carboxylic acids is 2. The number of carboxylic acid groups (broad SMARTS) is 1. The molecule has 10 heteroatoms. The zero-order valence-corrected chi connectivity index (χ0v) is 19.9. The molecule has 1 saturated carbocycles. The molecule has 7 nitrogen and oxygen atoms in total. The van der Waals surface area contributed by atoms with Crippen LogP contribution in [0, 0.1) is 11.8 Å². The Morgan fingerprint density at radius 2 is 1.64 bits per heavy atom. The molecule has 2 atom stereocenters. The molecular weight excluding hydrogens is 472 g/mol. The van der Waals surface area contributed by atoms with E-state index < -0.39 is 18.3 Å². The summed E-state index contributed by atoms with van der Waals surface area (Å²) in [7, 11) is 1.51. The Labute approximate surface area is 202 Å². The van der Waals surface area contributed by atoms with Gasteiger partial charge in [-0.3, -0.25) is 9.59 Å². The molecule has 1 aromatic rings. The van der Waals surface area contributed by atoms with Gasteiger partial charge in [-0.05, 0) is 43.4 Å². The third-order valence-corrected chi connectivity index (χ3v) is 8.10. The number of alkyl halides is 1. The van der Waals surface area contributed by atoms with Gasteiger partial charge >= 0.3 is 6.09 Å². The van der Waals surface area contributed by atoms with E-state index >= 15 is 0 Å². The van der Waals surface area contributed by atoms with E-state index in [1.165, 1.54) is 11.9 Å². The smallest absolute Gasteiger partial charge is 0.407 e. The Hall–Kier alpha value is -2.06. The minimum Gasteiger partial charge on any atom is -0.465 e. The Morgan fingerprint density at radius 3 is 2.21 bits per heavy atom. The van der Waals surface area contributed by atoms with Crippen molar-refractivity contribution in [3.63, 3.8) is 0 Å². The average Bonchev–Trinajstić information content (AvgIpc) is 3.22. The van der Waals surface area contributed by atoms with E-state index in [9.17, 15) is 23.9 Å². The van der Waals surface area contributed by atoms with Crippen molar-refractivity contribution in [2.45, 2.75) is 43.8 Å². The fraction of sp³-hybridized carbons (Fsp3) is 0.609. The highest BCUT2D eigenvalue weighted by molar-refractivity contribution is 6.42. The highest BCUT2D eigenvalue weighted by atomic mass is 35.5. The van der Waals surface area contributed by atoms with Crippen LogP contribution in [-0.2, 0) is 9.59 Å². The first-order valence-electron chi connectivity index (χ1n) is 11.3. The van der Waals surface area contributed by atoms with Gasteiger partial charge in [0.1, 0.15) is 6.17 Å². The first kappa shape index (κ1) is 24.1. The lowest BCUT2D eigenvalue weighted by molar-refractivity contribution is -0.145. The summed E-state index contributed by atoms with van der Waals surface area (Å²) in [5.41, 5.74) is 0.838. The molecule has 0 radical (unpaired) electrons. The van der Waals surface area contributed by atoms with Crippen LogP contribution in [-0.4, -0.2) is 83.2 Å². The molecule has 2 heterocycles. The Balaban J connectivity index is 1.42. The predicted molar refractivity (Wildman–Crippen MR) is 122 cm³/mol. The Kier molecular flexibility index (Phi) is 7.05. The van der Waals surface area contributed by atoms with Crippen LogP contribution in [0.3, 0.4) is 0 Å². The average molecular weight is 500 g/mol. The minimum absolute atomic E-state index is 0.00111. The maximum absolute atomic E-state index is 13.3. The number of likely N-dealkylation sites (tertiary alicyclic amines) is 2. The molecule has 3 aliphatic rings. The quantitative estimate of drug-likeness (QED) is 0.681. The summed E-state index contributed by atoms with van der Waals surface area (Å²) in [6, 6.07) is 4.83. The molecule has 0 spiro atoms. The van der Waals surface area contributed by atoms with Crippen molar-refractivity contribution in [3.05, 3.63) is 33.8 Å². The SMILES string of the molecule is CN(C(=O)O)[C@@H]1CN(C(=O)C2CCN(C(=O)C3CC(F)C3)CC2)C[C@H]1c1ccc(Cl)c(Cl)c1. The molecule has 0 bridgehead atoms. The second-order valence-corrected chi connectivity index (χ2v) is 10.2. The van der Waals surface area contributed by atoms with Crippen molar-refractivity contribution in [2.75, 3.05) is 33.2 Å². The number of halogens is 3. The normalized spacial score (nSPS) is 27.9. The fourth-order valence-corrected chi connectivity index (χ4v) is 5.49. The first-order chi connectivity index (χ1) is 15.7. The van der Waals surface area contributed by atoms with E-state index in [-0.39, 0.29) is 29.6 Å². The lowest BCUT2D eigenvalue weighted by atomic mass is 9.82. The van der Waals surface area contributed by atoms with Crippen molar-refractivity contribution in [1.82, 2.24) is 14.7 Å². The molecule has 4 rings (SSSR count). The number of amides is 3. The number of carbonyl (C=O) groups is 3. The van der Waals surface area contributed by atoms with E-state index in [0.717, 1.165) is 5.56 Å². The van der Waals surface area contributed by atoms with Crippen molar-refractivity contribution < 1.29 is 23.9 Å². The van der Waals surface area contributed by atoms with Crippen LogP contribution in [0.2, 0.25) is 10.0 Å². The molecule has 1 aromatic carbocycles. The van der Waals surface area contributed by atoms with Crippen LogP contribution in [0.1, 0.15) is 37.2 Å². The molecule has 33 heavy (non-hydrogen) atoms. The van der Waals surface area contributed by atoms with Crippen molar-refractivity contribution >= 4 is 41.1 Å². The second kappa shape index (κ2) is 9.66. The Morgan fingerprint density at radius 1 is 1.00 bits per heavy atom. The van der Waals surface area contributed by atoms with Crippen LogP contribution in [0.4, 0.5) is 9.18 Å². The predicted octanol–water partition coefficient (Wildman–Crippen LogP) is 3.88. The maximum atomic E-state index is 13.3. The largest absolute Gasteiger partial charge is 0.465 e. The zero-order chi connectivity index (χ0) is 23.9. The van der Waals surface area contributed by atoms with Gasteiger partial charge in [0.15, 0.2) is 0 Å². The van der Waals surface area contributed by atoms with Gasteiger partial charge < -0.3 is 19.8 Å². The Bertz CT molecular complexity index is 934. The standard InChI is InChI=1S/C23H28Cl2FN3O4/c1-27(23(32)33)20-12-29(11-17(20)14-2-3-18(24)19(25)10-14)21(30)13-4-6-28(7-5-13)22(31)15-8-16(26)9-15/h2-3,10,13,15-17,20H,4-9,11-12H2,1H3,(H,32,33)/t15?,16?,17-,20+/m0/s1. The minimum atomic E-state index is -1.06. The van der Waals surface area contributed by atoms with Crippen molar-refractivity contribution in [2.24, 2.45) is 11.8 Å². The number of hydrogen-bond donors (Lipinski definition) is 1. The third kappa shape index (κ3) is 4.92. The molecule has 1 N–H and O–H groups in total. The summed E-state index contributed by atoms with van der Waals surface area (Å²) in [5, 5.41) is 10.4. The summed E-state index contributed by atoms with van der Waals surface area (Å²) in [5.74, 6) is -0.670. The number of rotatable bonds is 4. The van der Waals surface area contributed by atoms with Gasteiger partial charge in [-0.25, -0.2) is 9.18 Å². The van der Waals surface area contributed by atoms with Crippen LogP contribution in [0.15, 0.2) is 18.2 Å². The molecule has 180 valence electrons. The van der Waals surface area contributed by atoms with Gasteiger partial charge in [-0.2, -0.15) is 0 Å². The van der Waals surface area contributed by atoms with Gasteiger partial charge in [0.05, 0.1) is 16.1 Å². The molecule has 2 aliphatic heterocycles. The highest BCUT2D eigenvalue weighted by Gasteiger charge is 2.43. The molecule has 3 fully saturated rings. The topological polar surface area (TPSA) is 81.2 Å². The van der Waals surface area contributed by atoms with Crippen LogP contribution >= 0.6 is 23.2 Å². The van der Waals surface area contributed by atoms with E-state index in [1.54, 1.807) is 21.9 Å². The molecule has 0 unspecified atom stereocenters. The van der Waals surface area contributed by atoms with E-state index in [2.05, 4.69) is 0 Å². The molecule has 3 amide bonds. The third-order valence-electron chi connectivity index (χ3n) is 7.36. The summed E-state index contributed by atoms with van der Waals surface area (Å²) in [4.78, 5) is 42.2. The van der Waals surface area contributed by atoms with E-state index in [1.807, 2.05) is 6.07 Å². The van der Waals surface area contributed by atoms with E-state index in [0.29, 0.717) is 61.9 Å². The van der Waals surface area contributed by atoms with E-state index in [4.69, 9.17) is 23.2 Å². The summed E-state index contributed by atoms with van der Waals surface area (Å²) in [6.45, 7) is 1.67. The fourth-order valence-electron chi connectivity index (χ4n) is 5.18. The van der Waals surface area contributed by atoms with Crippen LogP contribution < -0.4 is 0 Å². The number of hydrogen-bond acceptors (Lipinski definition) is 3. The molecule has 1 aliphatic carbocycles. The second-order valence-electron chi connectivity index (χ2n) is 9.35. The zero-order valence-electron chi connectivity index (χ0n) is 18.4. The van der Waals surface area contributed by atoms with Crippen LogP contribution in [0.5, 0.6) is 0 Å². The van der Waals surface area contributed by atoms with Gasteiger partial charge in [0, 0.05) is 51.0 Å². The van der Waals surface area contributed by atoms with Crippen molar-refractivity contribution in [3.8, 4) is 0 Å². The maximum Gasteiger partial charge on any atom is 0.407 e. The van der Waals surface area contributed by atoms with Gasteiger partial charge in [0.25, 0.3) is 0 Å². The monoisotopic (exact) mass is 499 g/mol. The van der Waals surface area contributed by atoms with Gasteiger partial charge in [-0.15, -0.1) is 0 Å². The lowest BCUT2D eigenvalue weighted by Gasteiger charge is -2.38. The highest BCUT2D eigenvalue weighted by Crippen LogP contribution is 2.36. The summed E-state index contributed by atoms with van der Waals surface area (Å²) >= 11 is 12.2. The summed E-state index contributed by atoms with van der Waals surface area (Å²) < 4.78 is 13.1. The lowest BCUT2D eigenvalue weighted by Crippen LogP contribution is -2.48. The first-order valence-corrected chi connectivity index (χ1v) is 12.0. The van der Waals surface area contributed by atoms with Gasteiger partial charge in [-0.1, -0.05) is 29.3 Å². The number of benzene rings is 1.